The lowest BCUT2D eigenvalue weighted by molar-refractivity contribution is 0.104. The molecule has 2 aromatic carbocycles. The minimum atomic E-state index is 0.0832. The summed E-state index contributed by atoms with van der Waals surface area (Å²) in [6.07, 6.45) is 8.77. The predicted molar refractivity (Wildman–Crippen MR) is 83.9 cm³/mol. The summed E-state index contributed by atoms with van der Waals surface area (Å²) in [6, 6.07) is 13.9. The van der Waals surface area contributed by atoms with Crippen LogP contribution in [0.15, 0.2) is 77.9 Å². The van der Waals surface area contributed by atoms with E-state index in [0.29, 0.717) is 0 Å². The first-order valence-corrected chi connectivity index (χ1v) is 6.82. The van der Waals surface area contributed by atoms with Crippen LogP contribution < -0.4 is 0 Å². The molecule has 0 N–H and O–H groups in total. The van der Waals surface area contributed by atoms with Crippen LogP contribution in [0, 0.1) is 0 Å². The average molecular weight is 260 g/mol. The van der Waals surface area contributed by atoms with E-state index in [9.17, 15) is 4.79 Å². The van der Waals surface area contributed by atoms with Gasteiger partial charge in [-0.3, -0.25) is 4.79 Å². The van der Waals surface area contributed by atoms with Crippen molar-refractivity contribution in [3.8, 4) is 0 Å². The number of hydrogen-bond acceptors (Lipinski definition) is 1. The molecular formula is C19H16O. The number of benzene rings is 2. The van der Waals surface area contributed by atoms with E-state index < -0.39 is 0 Å². The molecule has 2 aromatic rings. The van der Waals surface area contributed by atoms with Crippen molar-refractivity contribution in [2.45, 2.75) is 13.3 Å². The summed E-state index contributed by atoms with van der Waals surface area (Å²) < 4.78 is 0. The second kappa shape index (κ2) is 5.30. The Morgan fingerprint density at radius 3 is 2.75 bits per heavy atom. The Balaban J connectivity index is 2.04. The van der Waals surface area contributed by atoms with Gasteiger partial charge in [-0.25, -0.2) is 0 Å². The Bertz CT molecular complexity index is 755. The van der Waals surface area contributed by atoms with Crippen molar-refractivity contribution in [2.24, 2.45) is 0 Å². The third kappa shape index (κ3) is 2.35. The molecular weight excluding hydrogens is 244 g/mol. The van der Waals surface area contributed by atoms with Gasteiger partial charge in [-0.05, 0) is 41.3 Å². The standard InChI is InChI=1S/C19H16O/c1-14-7-2-3-9-16(14)13-19(20)18-12-6-10-15-8-4-5-11-17(15)18/h2-8,10-13H,9H2,1H3. The fraction of sp³-hybridized carbons (Fsp3) is 0.105. The van der Waals surface area contributed by atoms with Crippen molar-refractivity contribution < 1.29 is 4.79 Å². The molecule has 3 rings (SSSR count). The van der Waals surface area contributed by atoms with Crippen LogP contribution in [-0.4, -0.2) is 5.78 Å². The number of fused-ring (bicyclic) bond motifs is 1. The molecule has 1 aliphatic rings. The van der Waals surface area contributed by atoms with Gasteiger partial charge < -0.3 is 0 Å². The van der Waals surface area contributed by atoms with E-state index >= 15 is 0 Å². The van der Waals surface area contributed by atoms with Gasteiger partial charge in [0, 0.05) is 5.56 Å². The van der Waals surface area contributed by atoms with Crippen molar-refractivity contribution >= 4 is 16.6 Å². The first kappa shape index (κ1) is 12.6. The van der Waals surface area contributed by atoms with Crippen molar-refractivity contribution in [1.29, 1.82) is 0 Å². The molecule has 0 atom stereocenters. The van der Waals surface area contributed by atoms with Crippen molar-refractivity contribution in [2.75, 3.05) is 0 Å². The van der Waals surface area contributed by atoms with Crippen molar-refractivity contribution in [3.63, 3.8) is 0 Å². The lowest BCUT2D eigenvalue weighted by atomic mass is 9.95. The molecule has 1 aliphatic carbocycles. The zero-order valence-electron chi connectivity index (χ0n) is 11.5. The van der Waals surface area contributed by atoms with Gasteiger partial charge in [-0.1, -0.05) is 60.7 Å². The molecule has 0 radical (unpaired) electrons. The highest BCUT2D eigenvalue weighted by molar-refractivity contribution is 6.13. The second-order valence-electron chi connectivity index (χ2n) is 5.04. The van der Waals surface area contributed by atoms with E-state index in [0.717, 1.165) is 28.3 Å². The zero-order chi connectivity index (χ0) is 13.9. The molecule has 1 nitrogen and oxygen atoms in total. The molecule has 0 aliphatic heterocycles. The Kier molecular flexibility index (Phi) is 3.34. The highest BCUT2D eigenvalue weighted by atomic mass is 16.1. The molecule has 0 fully saturated rings. The van der Waals surface area contributed by atoms with Crippen LogP contribution in [-0.2, 0) is 0 Å². The molecule has 0 saturated carbocycles. The van der Waals surface area contributed by atoms with Crippen LogP contribution >= 0.6 is 0 Å². The van der Waals surface area contributed by atoms with E-state index in [1.54, 1.807) is 6.08 Å². The van der Waals surface area contributed by atoms with Gasteiger partial charge in [0.1, 0.15) is 0 Å². The largest absolute Gasteiger partial charge is 0.289 e. The summed E-state index contributed by atoms with van der Waals surface area (Å²) in [5.41, 5.74) is 3.05. The monoisotopic (exact) mass is 260 g/mol. The van der Waals surface area contributed by atoms with Crippen molar-refractivity contribution in [1.82, 2.24) is 0 Å². The lowest BCUT2D eigenvalue weighted by Crippen LogP contribution is -1.99. The maximum absolute atomic E-state index is 12.5. The number of allylic oxidation sites excluding steroid dienone is 6. The van der Waals surface area contributed by atoms with Gasteiger partial charge in [0.15, 0.2) is 5.78 Å². The van der Waals surface area contributed by atoms with E-state index in [1.807, 2.05) is 61.5 Å². The van der Waals surface area contributed by atoms with Gasteiger partial charge in [-0.15, -0.1) is 0 Å². The van der Waals surface area contributed by atoms with Crippen LogP contribution in [0.25, 0.3) is 10.8 Å². The third-order valence-corrected chi connectivity index (χ3v) is 3.69. The van der Waals surface area contributed by atoms with Gasteiger partial charge in [0.25, 0.3) is 0 Å². The maximum atomic E-state index is 12.5. The fourth-order valence-corrected chi connectivity index (χ4v) is 2.52. The van der Waals surface area contributed by atoms with Gasteiger partial charge in [0.05, 0.1) is 0 Å². The van der Waals surface area contributed by atoms with Crippen molar-refractivity contribution in [3.05, 3.63) is 83.5 Å². The molecule has 98 valence electrons. The first-order valence-electron chi connectivity index (χ1n) is 6.82. The molecule has 0 amide bonds. The second-order valence-corrected chi connectivity index (χ2v) is 5.04. The van der Waals surface area contributed by atoms with Crippen LogP contribution in [0.5, 0.6) is 0 Å². The Labute approximate surface area is 118 Å². The average Bonchev–Trinajstić information content (AvgIpc) is 2.49. The Morgan fingerprint density at radius 2 is 1.90 bits per heavy atom. The summed E-state index contributed by atoms with van der Waals surface area (Å²) in [5.74, 6) is 0.0832. The summed E-state index contributed by atoms with van der Waals surface area (Å²) in [7, 11) is 0. The Hall–Kier alpha value is -2.41. The number of hydrogen-bond donors (Lipinski definition) is 0. The highest BCUT2D eigenvalue weighted by Gasteiger charge is 2.10. The number of carbonyl (C=O) groups is 1. The predicted octanol–water partition coefficient (Wildman–Crippen LogP) is 4.86. The highest BCUT2D eigenvalue weighted by Crippen LogP contribution is 2.23. The molecule has 20 heavy (non-hydrogen) atoms. The molecule has 0 bridgehead atoms. The third-order valence-electron chi connectivity index (χ3n) is 3.69. The summed E-state index contributed by atoms with van der Waals surface area (Å²) in [4.78, 5) is 12.5. The Morgan fingerprint density at radius 1 is 1.10 bits per heavy atom. The maximum Gasteiger partial charge on any atom is 0.186 e. The van der Waals surface area contributed by atoms with Gasteiger partial charge >= 0.3 is 0 Å². The zero-order valence-corrected chi connectivity index (χ0v) is 11.5. The smallest absolute Gasteiger partial charge is 0.186 e. The minimum absolute atomic E-state index is 0.0832. The van der Waals surface area contributed by atoms with Crippen LogP contribution in [0.1, 0.15) is 23.7 Å². The van der Waals surface area contributed by atoms with E-state index in [1.165, 1.54) is 5.57 Å². The molecule has 0 saturated heterocycles. The summed E-state index contributed by atoms with van der Waals surface area (Å²) in [5, 5.41) is 2.12. The van der Waals surface area contributed by atoms with E-state index in [4.69, 9.17) is 0 Å². The molecule has 1 heteroatoms. The molecule has 0 unspecified atom stereocenters. The summed E-state index contributed by atoms with van der Waals surface area (Å²) >= 11 is 0. The van der Waals surface area contributed by atoms with Gasteiger partial charge in [0.2, 0.25) is 0 Å². The van der Waals surface area contributed by atoms with Crippen LogP contribution in [0.3, 0.4) is 0 Å². The minimum Gasteiger partial charge on any atom is -0.289 e. The molecule has 0 spiro atoms. The van der Waals surface area contributed by atoms with E-state index in [2.05, 4.69) is 6.08 Å². The van der Waals surface area contributed by atoms with E-state index in [-0.39, 0.29) is 5.78 Å². The molecule has 0 aromatic heterocycles. The van der Waals surface area contributed by atoms with Gasteiger partial charge in [-0.2, -0.15) is 0 Å². The van der Waals surface area contributed by atoms with Crippen LogP contribution in [0.4, 0.5) is 0 Å². The first-order chi connectivity index (χ1) is 9.75. The topological polar surface area (TPSA) is 17.1 Å². The van der Waals surface area contributed by atoms with Crippen LogP contribution in [0.2, 0.25) is 0 Å². The SMILES string of the molecule is CC1=CC=CCC1=CC(=O)c1cccc2ccccc12. The number of carbonyl (C=O) groups excluding carboxylic acids is 1. The quantitative estimate of drug-likeness (QED) is 0.557. The number of ketones is 1. The lowest BCUT2D eigenvalue weighted by Gasteiger charge is -2.09. The number of rotatable bonds is 2. The summed E-state index contributed by atoms with van der Waals surface area (Å²) in [6.45, 7) is 2.05. The fourth-order valence-electron chi connectivity index (χ4n) is 2.52. The normalized spacial score (nSPS) is 16.4. The molecule has 0 heterocycles.